The van der Waals surface area contributed by atoms with Crippen LogP contribution in [0.3, 0.4) is 0 Å². The molecule has 0 unspecified atom stereocenters. The van der Waals surface area contributed by atoms with Crippen molar-refractivity contribution in [1.82, 2.24) is 25.3 Å². The number of aromatic nitrogens is 2. The molecule has 1 saturated heterocycles. The third-order valence-corrected chi connectivity index (χ3v) is 11.0. The smallest absolute Gasteiger partial charge is 0.270 e. The Bertz CT molecular complexity index is 1440. The third kappa shape index (κ3) is 8.44. The summed E-state index contributed by atoms with van der Waals surface area (Å²) in [5.74, 6) is -1.36. The second-order valence-electron chi connectivity index (χ2n) is 14.5. The molecule has 2 saturated carbocycles. The zero-order valence-corrected chi connectivity index (χ0v) is 29.0. The van der Waals surface area contributed by atoms with Gasteiger partial charge in [-0.2, -0.15) is 5.10 Å². The number of halogens is 1. The third-order valence-electron chi connectivity index (χ3n) is 11.0. The highest BCUT2D eigenvalue weighted by Gasteiger charge is 2.36. The van der Waals surface area contributed by atoms with Crippen LogP contribution >= 0.6 is 0 Å². The van der Waals surface area contributed by atoms with Gasteiger partial charge in [-0.3, -0.25) is 23.9 Å². The lowest BCUT2D eigenvalue weighted by atomic mass is 9.79. The fourth-order valence-electron chi connectivity index (χ4n) is 7.59. The van der Waals surface area contributed by atoms with Gasteiger partial charge in [0.05, 0.1) is 11.7 Å². The minimum absolute atomic E-state index is 0.000798. The van der Waals surface area contributed by atoms with Crippen LogP contribution in [0.2, 0.25) is 0 Å². The van der Waals surface area contributed by atoms with Gasteiger partial charge in [0.2, 0.25) is 17.7 Å². The Labute approximate surface area is 284 Å². The summed E-state index contributed by atoms with van der Waals surface area (Å²) in [5, 5.41) is 13.1. The summed E-state index contributed by atoms with van der Waals surface area (Å²) in [7, 11) is 0. The van der Waals surface area contributed by atoms with Crippen molar-refractivity contribution < 1.29 is 23.6 Å². The van der Waals surface area contributed by atoms with Gasteiger partial charge < -0.3 is 20.9 Å². The molecule has 3 aliphatic rings. The molecule has 262 valence electrons. The molecule has 3 N–H and O–H groups in total. The van der Waals surface area contributed by atoms with Crippen LogP contribution < -0.4 is 16.0 Å². The predicted octanol–water partition coefficient (Wildman–Crippen LogP) is 5.96. The molecule has 2 heterocycles. The van der Waals surface area contributed by atoms with Crippen LogP contribution in [0.5, 0.6) is 0 Å². The number of likely N-dealkylation sites (tertiary alicyclic amines) is 1. The van der Waals surface area contributed by atoms with E-state index in [0.717, 1.165) is 64.2 Å². The number of rotatable bonds is 11. The van der Waals surface area contributed by atoms with Crippen molar-refractivity contribution in [2.24, 2.45) is 17.8 Å². The molecule has 0 spiro atoms. The van der Waals surface area contributed by atoms with E-state index in [4.69, 9.17) is 0 Å². The van der Waals surface area contributed by atoms with Crippen molar-refractivity contribution in [2.45, 2.75) is 122 Å². The number of carbonyl (C=O) groups excluding carboxylic acids is 4. The predicted molar refractivity (Wildman–Crippen MR) is 183 cm³/mol. The van der Waals surface area contributed by atoms with Gasteiger partial charge in [-0.1, -0.05) is 59.4 Å². The van der Waals surface area contributed by atoms with Crippen molar-refractivity contribution in [3.8, 4) is 0 Å². The van der Waals surface area contributed by atoms with Crippen molar-refractivity contribution in [1.29, 1.82) is 0 Å². The fraction of sp³-hybridized carbons (Fsp3) is 0.649. The SMILES string of the molecule is CCC(=O)N[C@@H](C(=O)N1CCC(C)CC1)[C@@H](C)c1ccc(NC(=O)[C@@H](NC(=O)c2ccnn2C2CCCC2)C2CCC(C)CC2)c(F)c1. The standard InChI is InChI=1S/C37H53FN6O4/c1-5-32(45)41-33(37(48)43-20-17-24(3)18-21-43)25(4)27-14-15-30(29(38)22-27)40-36(47)34(26-12-10-23(2)11-13-26)42-35(46)31-16-19-39-44(31)28-8-6-7-9-28/h14-16,19,22-26,28,33-34H,5-13,17-18,20-21H2,1-4H3,(H,40,47)(H,41,45)(H,42,46)/t23?,25-,26?,33+,34-/m0/s1. The Morgan fingerprint density at radius 1 is 0.917 bits per heavy atom. The number of nitrogens with zero attached hydrogens (tertiary/aromatic N) is 3. The number of hydrogen-bond acceptors (Lipinski definition) is 5. The molecule has 2 aromatic rings. The molecule has 5 rings (SSSR count). The fourth-order valence-corrected chi connectivity index (χ4v) is 7.59. The van der Waals surface area contributed by atoms with E-state index in [2.05, 4.69) is 34.9 Å². The Kier molecular flexibility index (Phi) is 11.9. The first-order chi connectivity index (χ1) is 23.0. The highest BCUT2D eigenvalue weighted by molar-refractivity contribution is 6.00. The van der Waals surface area contributed by atoms with Crippen LogP contribution in [-0.2, 0) is 14.4 Å². The maximum atomic E-state index is 15.7. The number of piperidine rings is 1. The summed E-state index contributed by atoms with van der Waals surface area (Å²) in [5.41, 5.74) is 0.976. The summed E-state index contributed by atoms with van der Waals surface area (Å²) < 4.78 is 17.5. The average Bonchev–Trinajstić information content (AvgIpc) is 3.80. The number of carbonyl (C=O) groups is 4. The summed E-state index contributed by atoms with van der Waals surface area (Å²) in [4.78, 5) is 55.3. The molecule has 11 heteroatoms. The average molecular weight is 665 g/mol. The van der Waals surface area contributed by atoms with Gasteiger partial charge in [0.1, 0.15) is 23.6 Å². The van der Waals surface area contributed by atoms with Gasteiger partial charge in [0.15, 0.2) is 0 Å². The maximum Gasteiger partial charge on any atom is 0.270 e. The first-order valence-corrected chi connectivity index (χ1v) is 18.1. The normalized spacial score (nSPS) is 22.5. The second-order valence-corrected chi connectivity index (χ2v) is 14.5. The number of amides is 4. The van der Waals surface area contributed by atoms with Gasteiger partial charge in [-0.05, 0) is 80.0 Å². The van der Waals surface area contributed by atoms with E-state index in [0.29, 0.717) is 36.2 Å². The van der Waals surface area contributed by atoms with Gasteiger partial charge in [0.25, 0.3) is 5.91 Å². The minimum atomic E-state index is -0.839. The lowest BCUT2D eigenvalue weighted by molar-refractivity contribution is -0.138. The molecule has 2 aliphatic carbocycles. The zero-order valence-electron chi connectivity index (χ0n) is 29.0. The van der Waals surface area contributed by atoms with Crippen molar-refractivity contribution in [3.63, 3.8) is 0 Å². The Balaban J connectivity index is 1.32. The van der Waals surface area contributed by atoms with E-state index in [-0.39, 0.29) is 41.8 Å². The molecule has 1 aliphatic heterocycles. The van der Waals surface area contributed by atoms with Crippen LogP contribution in [0.1, 0.15) is 126 Å². The van der Waals surface area contributed by atoms with E-state index in [9.17, 15) is 19.2 Å². The summed E-state index contributed by atoms with van der Waals surface area (Å²) in [6.45, 7) is 9.17. The molecule has 4 amide bonds. The molecule has 3 fully saturated rings. The Morgan fingerprint density at radius 3 is 2.23 bits per heavy atom. The Hall–Kier alpha value is -3.76. The lowest BCUT2D eigenvalue weighted by Crippen LogP contribution is -2.52. The molecule has 3 atom stereocenters. The van der Waals surface area contributed by atoms with E-state index < -0.39 is 29.7 Å². The van der Waals surface area contributed by atoms with E-state index in [1.165, 1.54) is 12.1 Å². The van der Waals surface area contributed by atoms with Crippen LogP contribution in [0.15, 0.2) is 30.5 Å². The molecular formula is C37H53FN6O4. The van der Waals surface area contributed by atoms with E-state index >= 15 is 4.39 Å². The molecule has 10 nitrogen and oxygen atoms in total. The van der Waals surface area contributed by atoms with Crippen molar-refractivity contribution in [2.75, 3.05) is 18.4 Å². The first kappa shape index (κ1) is 35.5. The molecule has 0 radical (unpaired) electrons. The quantitative estimate of drug-likeness (QED) is 0.274. The van der Waals surface area contributed by atoms with Crippen LogP contribution in [-0.4, -0.2) is 63.5 Å². The summed E-state index contributed by atoms with van der Waals surface area (Å²) in [6, 6.07) is 4.71. The topological polar surface area (TPSA) is 125 Å². The molecule has 0 bridgehead atoms. The Morgan fingerprint density at radius 2 is 1.58 bits per heavy atom. The van der Waals surface area contributed by atoms with Crippen molar-refractivity contribution >= 4 is 29.3 Å². The zero-order chi connectivity index (χ0) is 34.4. The highest BCUT2D eigenvalue weighted by atomic mass is 19.1. The molecular weight excluding hydrogens is 611 g/mol. The van der Waals surface area contributed by atoms with Gasteiger partial charge in [-0.25, -0.2) is 4.39 Å². The van der Waals surface area contributed by atoms with Crippen LogP contribution in [0, 0.1) is 23.6 Å². The summed E-state index contributed by atoms with van der Waals surface area (Å²) in [6.07, 6.45) is 11.3. The lowest BCUT2D eigenvalue weighted by Gasteiger charge is -2.35. The largest absolute Gasteiger partial charge is 0.344 e. The highest BCUT2D eigenvalue weighted by Crippen LogP contribution is 2.33. The second kappa shape index (κ2) is 16.1. The van der Waals surface area contributed by atoms with Crippen LogP contribution in [0.4, 0.5) is 10.1 Å². The van der Waals surface area contributed by atoms with Gasteiger partial charge in [0, 0.05) is 31.6 Å². The number of nitrogens with one attached hydrogen (secondary N) is 3. The number of anilines is 1. The van der Waals surface area contributed by atoms with Crippen molar-refractivity contribution in [3.05, 3.63) is 47.5 Å². The van der Waals surface area contributed by atoms with Gasteiger partial charge >= 0.3 is 0 Å². The number of benzene rings is 1. The maximum absolute atomic E-state index is 15.7. The van der Waals surface area contributed by atoms with Crippen LogP contribution in [0.25, 0.3) is 0 Å². The van der Waals surface area contributed by atoms with E-state index in [1.807, 2.05) is 6.92 Å². The number of hydrogen-bond donors (Lipinski definition) is 3. The molecule has 1 aromatic carbocycles. The summed E-state index contributed by atoms with van der Waals surface area (Å²) >= 11 is 0. The monoisotopic (exact) mass is 664 g/mol. The van der Waals surface area contributed by atoms with E-state index in [1.54, 1.807) is 34.8 Å². The minimum Gasteiger partial charge on any atom is -0.344 e. The van der Waals surface area contributed by atoms with Gasteiger partial charge in [-0.15, -0.1) is 0 Å². The molecule has 1 aromatic heterocycles. The molecule has 48 heavy (non-hydrogen) atoms. The first-order valence-electron chi connectivity index (χ1n) is 18.1.